The van der Waals surface area contributed by atoms with Crippen LogP contribution in [0.4, 0.5) is 5.69 Å². The highest BCUT2D eigenvalue weighted by atomic mass is 16.2. The molecule has 1 fully saturated rings. The first-order valence-electron chi connectivity index (χ1n) is 10.3. The molecule has 4 rings (SSSR count). The molecule has 1 unspecified atom stereocenters. The van der Waals surface area contributed by atoms with Gasteiger partial charge in [-0.3, -0.25) is 24.0 Å². The molecule has 0 saturated carbocycles. The topological polar surface area (TPSA) is 87.5 Å². The summed E-state index contributed by atoms with van der Waals surface area (Å²) in [7, 11) is 0. The minimum atomic E-state index is -0.816. The van der Waals surface area contributed by atoms with Crippen LogP contribution in [0.15, 0.2) is 30.3 Å². The first kappa shape index (κ1) is 20.1. The molecule has 1 aromatic carbocycles. The van der Waals surface area contributed by atoms with E-state index < -0.39 is 5.66 Å². The van der Waals surface area contributed by atoms with Gasteiger partial charge < -0.3 is 10.2 Å². The highest BCUT2D eigenvalue weighted by molar-refractivity contribution is 6.11. The lowest BCUT2D eigenvalue weighted by molar-refractivity contribution is -0.124. The van der Waals surface area contributed by atoms with Gasteiger partial charge in [0.2, 0.25) is 11.8 Å². The van der Waals surface area contributed by atoms with E-state index in [0.29, 0.717) is 30.6 Å². The molecule has 8 heteroatoms. The van der Waals surface area contributed by atoms with Gasteiger partial charge in [-0.1, -0.05) is 12.1 Å². The number of anilines is 1. The van der Waals surface area contributed by atoms with Crippen molar-refractivity contribution in [3.05, 3.63) is 47.3 Å². The van der Waals surface area contributed by atoms with Crippen LogP contribution < -0.4 is 10.2 Å². The number of para-hydroxylation sites is 1. The normalized spacial score (nSPS) is 20.4. The molecule has 2 aliphatic rings. The monoisotopic (exact) mass is 409 g/mol. The van der Waals surface area contributed by atoms with Crippen LogP contribution in [0.2, 0.25) is 0 Å². The van der Waals surface area contributed by atoms with Gasteiger partial charge in [-0.2, -0.15) is 5.10 Å². The number of hydrogen-bond donors (Lipinski definition) is 1. The maximum atomic E-state index is 13.2. The highest BCUT2D eigenvalue weighted by Crippen LogP contribution is 2.43. The summed E-state index contributed by atoms with van der Waals surface area (Å²) in [4.78, 5) is 41.6. The molecular formula is C22H27N5O3. The third-order valence-electron chi connectivity index (χ3n) is 6.02. The summed E-state index contributed by atoms with van der Waals surface area (Å²) in [6.07, 6.45) is 1.61. The molecule has 1 atom stereocenters. The average molecular weight is 409 g/mol. The smallest absolute Gasteiger partial charge is 0.258 e. The molecule has 30 heavy (non-hydrogen) atoms. The number of carbonyl (C=O) groups excluding carboxylic acids is 3. The Kier molecular flexibility index (Phi) is 5.09. The van der Waals surface area contributed by atoms with E-state index in [0.717, 1.165) is 24.4 Å². The third-order valence-corrected chi connectivity index (χ3v) is 6.02. The van der Waals surface area contributed by atoms with Crippen molar-refractivity contribution in [3.8, 4) is 0 Å². The molecule has 2 aromatic rings. The molecule has 0 bridgehead atoms. The second-order valence-electron chi connectivity index (χ2n) is 8.21. The minimum absolute atomic E-state index is 0.0206. The van der Waals surface area contributed by atoms with Crippen LogP contribution in [0.5, 0.6) is 0 Å². The summed E-state index contributed by atoms with van der Waals surface area (Å²) in [5, 5.41) is 7.32. The number of fused-ring (bicyclic) bond motifs is 3. The summed E-state index contributed by atoms with van der Waals surface area (Å²) in [5.74, 6) is -0.457. The van der Waals surface area contributed by atoms with Crippen molar-refractivity contribution in [2.75, 3.05) is 18.0 Å². The predicted molar refractivity (Wildman–Crippen MR) is 112 cm³/mol. The molecular weight excluding hydrogens is 382 g/mol. The molecule has 0 radical (unpaired) electrons. The van der Waals surface area contributed by atoms with Crippen LogP contribution in [-0.4, -0.2) is 51.2 Å². The zero-order valence-electron chi connectivity index (χ0n) is 17.6. The molecule has 0 spiro atoms. The molecule has 1 N–H and O–H groups in total. The lowest BCUT2D eigenvalue weighted by Crippen LogP contribution is -2.63. The van der Waals surface area contributed by atoms with E-state index in [1.807, 2.05) is 37.6 Å². The van der Waals surface area contributed by atoms with E-state index in [1.165, 1.54) is 4.90 Å². The van der Waals surface area contributed by atoms with Crippen molar-refractivity contribution >= 4 is 23.4 Å². The number of benzene rings is 1. The van der Waals surface area contributed by atoms with Crippen LogP contribution in [0.1, 0.15) is 47.9 Å². The zero-order chi connectivity index (χ0) is 21.5. The summed E-state index contributed by atoms with van der Waals surface area (Å²) < 4.78 is 1.93. The summed E-state index contributed by atoms with van der Waals surface area (Å²) in [6, 6.07) is 9.13. The van der Waals surface area contributed by atoms with Crippen LogP contribution >= 0.6 is 0 Å². The van der Waals surface area contributed by atoms with Crippen molar-refractivity contribution in [2.45, 2.75) is 52.2 Å². The largest absolute Gasteiger partial charge is 0.354 e. The van der Waals surface area contributed by atoms with Gasteiger partial charge in [0, 0.05) is 25.2 Å². The number of nitrogens with one attached hydrogen (secondary N) is 1. The second-order valence-corrected chi connectivity index (χ2v) is 8.21. The van der Waals surface area contributed by atoms with Crippen molar-refractivity contribution in [1.29, 1.82) is 0 Å². The van der Waals surface area contributed by atoms with Gasteiger partial charge in [-0.25, -0.2) is 0 Å². The lowest BCUT2D eigenvalue weighted by Gasteiger charge is -2.48. The van der Waals surface area contributed by atoms with Gasteiger partial charge >= 0.3 is 0 Å². The molecule has 0 aliphatic carbocycles. The van der Waals surface area contributed by atoms with E-state index in [-0.39, 0.29) is 24.3 Å². The van der Waals surface area contributed by atoms with Crippen molar-refractivity contribution in [2.24, 2.45) is 0 Å². The van der Waals surface area contributed by atoms with E-state index in [2.05, 4.69) is 10.4 Å². The average Bonchev–Trinajstić information content (AvgIpc) is 3.20. The molecule has 2 aliphatic heterocycles. The number of aryl methyl sites for hydroxylation is 3. The fourth-order valence-electron chi connectivity index (χ4n) is 4.50. The maximum Gasteiger partial charge on any atom is 0.258 e. The Hall–Kier alpha value is -3.16. The molecule has 3 amide bonds. The Morgan fingerprint density at radius 3 is 2.73 bits per heavy atom. The quantitative estimate of drug-likeness (QED) is 0.740. The van der Waals surface area contributed by atoms with Gasteiger partial charge in [0.1, 0.15) is 12.2 Å². The molecule has 1 saturated heterocycles. The Bertz CT molecular complexity index is 1010. The number of carbonyl (C=O) groups is 3. The minimum Gasteiger partial charge on any atom is -0.354 e. The number of nitrogens with zero attached hydrogens (tertiary/aromatic N) is 4. The van der Waals surface area contributed by atoms with Crippen molar-refractivity contribution in [3.63, 3.8) is 0 Å². The Labute approximate surface area is 175 Å². The van der Waals surface area contributed by atoms with E-state index in [4.69, 9.17) is 0 Å². The van der Waals surface area contributed by atoms with Gasteiger partial charge in [-0.05, 0) is 51.8 Å². The number of aromatic nitrogens is 2. The highest BCUT2D eigenvalue weighted by Gasteiger charge is 2.53. The number of hydrogen-bond acceptors (Lipinski definition) is 4. The van der Waals surface area contributed by atoms with E-state index >= 15 is 0 Å². The first-order chi connectivity index (χ1) is 14.3. The third kappa shape index (κ3) is 3.36. The van der Waals surface area contributed by atoms with Crippen LogP contribution in [-0.2, 0) is 16.1 Å². The van der Waals surface area contributed by atoms with Gasteiger partial charge in [-0.15, -0.1) is 0 Å². The summed E-state index contributed by atoms with van der Waals surface area (Å²) in [6.45, 7) is 6.96. The van der Waals surface area contributed by atoms with Crippen LogP contribution in [0.25, 0.3) is 0 Å². The zero-order valence-corrected chi connectivity index (χ0v) is 17.6. The van der Waals surface area contributed by atoms with E-state index in [1.54, 1.807) is 23.1 Å². The standard InChI is InChI=1S/C22H27N5O3/c1-15-13-16(2)26(24-15)12-6-11-23-19(28)14-25-21(30)17-7-4-5-8-18(17)27-20(29)9-10-22(25,27)3/h4-5,7-8,13H,6,9-12,14H2,1-3H3,(H,23,28). The van der Waals surface area contributed by atoms with Gasteiger partial charge in [0.15, 0.2) is 0 Å². The predicted octanol–water partition coefficient (Wildman–Crippen LogP) is 2.01. The lowest BCUT2D eigenvalue weighted by atomic mass is 9.98. The van der Waals surface area contributed by atoms with E-state index in [9.17, 15) is 14.4 Å². The Morgan fingerprint density at radius 2 is 2.00 bits per heavy atom. The summed E-state index contributed by atoms with van der Waals surface area (Å²) in [5.41, 5.74) is 2.35. The summed E-state index contributed by atoms with van der Waals surface area (Å²) >= 11 is 0. The number of amides is 3. The first-order valence-corrected chi connectivity index (χ1v) is 10.3. The molecule has 8 nitrogen and oxygen atoms in total. The fraction of sp³-hybridized carbons (Fsp3) is 0.455. The molecule has 1 aromatic heterocycles. The van der Waals surface area contributed by atoms with Crippen LogP contribution in [0, 0.1) is 13.8 Å². The molecule has 158 valence electrons. The van der Waals surface area contributed by atoms with Crippen LogP contribution in [0.3, 0.4) is 0 Å². The molecule has 3 heterocycles. The SMILES string of the molecule is Cc1cc(C)n(CCCNC(=O)CN2C(=O)c3ccccc3N3C(=O)CCC23C)n1. The fourth-order valence-corrected chi connectivity index (χ4v) is 4.50. The second kappa shape index (κ2) is 7.59. The number of rotatable bonds is 6. The Balaban J connectivity index is 1.42. The van der Waals surface area contributed by atoms with Gasteiger partial charge in [0.25, 0.3) is 5.91 Å². The van der Waals surface area contributed by atoms with Crippen molar-refractivity contribution < 1.29 is 14.4 Å². The maximum absolute atomic E-state index is 13.2. The van der Waals surface area contributed by atoms with Crippen molar-refractivity contribution in [1.82, 2.24) is 20.0 Å². The Morgan fingerprint density at radius 1 is 1.23 bits per heavy atom. The van der Waals surface area contributed by atoms with Gasteiger partial charge in [0.05, 0.1) is 16.9 Å².